The van der Waals surface area contributed by atoms with Crippen molar-refractivity contribution in [1.29, 1.82) is 0 Å². The van der Waals surface area contributed by atoms with Crippen LogP contribution in [0.3, 0.4) is 0 Å². The maximum absolute atomic E-state index is 12.6. The SMILES string of the molecule is O=C(NC1c2ccccc2Oc2ccccc21)c1sccc1Br. The number of carbonyl (C=O) groups excluding carboxylic acids is 1. The molecular weight excluding hydrogens is 374 g/mol. The molecule has 0 saturated carbocycles. The molecule has 0 radical (unpaired) electrons. The number of fused-ring (bicyclic) bond motifs is 2. The van der Waals surface area contributed by atoms with Gasteiger partial charge in [-0.2, -0.15) is 0 Å². The van der Waals surface area contributed by atoms with Gasteiger partial charge in [0.2, 0.25) is 0 Å². The summed E-state index contributed by atoms with van der Waals surface area (Å²) in [5.74, 6) is 1.46. The molecule has 0 atom stereocenters. The highest BCUT2D eigenvalue weighted by atomic mass is 79.9. The van der Waals surface area contributed by atoms with Gasteiger partial charge >= 0.3 is 0 Å². The molecule has 1 aliphatic heterocycles. The van der Waals surface area contributed by atoms with E-state index < -0.39 is 0 Å². The molecule has 0 aliphatic carbocycles. The Bertz CT molecular complexity index is 844. The molecule has 4 rings (SSSR count). The Balaban J connectivity index is 1.76. The average molecular weight is 386 g/mol. The minimum Gasteiger partial charge on any atom is -0.457 e. The molecule has 1 amide bonds. The van der Waals surface area contributed by atoms with E-state index in [0.29, 0.717) is 4.88 Å². The second-order valence-electron chi connectivity index (χ2n) is 5.18. The molecule has 0 unspecified atom stereocenters. The molecule has 5 heteroatoms. The van der Waals surface area contributed by atoms with Crippen LogP contribution in [0.25, 0.3) is 0 Å². The van der Waals surface area contributed by atoms with Gasteiger partial charge in [0, 0.05) is 15.6 Å². The summed E-state index contributed by atoms with van der Waals surface area (Å²) in [6.07, 6.45) is 0. The van der Waals surface area contributed by atoms with Crippen molar-refractivity contribution < 1.29 is 9.53 Å². The maximum Gasteiger partial charge on any atom is 0.263 e. The lowest BCUT2D eigenvalue weighted by atomic mass is 9.94. The van der Waals surface area contributed by atoms with E-state index in [-0.39, 0.29) is 11.9 Å². The van der Waals surface area contributed by atoms with Crippen LogP contribution in [0.1, 0.15) is 26.8 Å². The fourth-order valence-corrected chi connectivity index (χ4v) is 4.17. The molecule has 2 aromatic carbocycles. The maximum atomic E-state index is 12.6. The van der Waals surface area contributed by atoms with Crippen molar-refractivity contribution in [2.75, 3.05) is 0 Å². The summed E-state index contributed by atoms with van der Waals surface area (Å²) in [6.45, 7) is 0. The Kier molecular flexibility index (Phi) is 3.67. The van der Waals surface area contributed by atoms with Gasteiger partial charge in [0.15, 0.2) is 0 Å². The minimum atomic E-state index is -0.224. The first-order valence-electron chi connectivity index (χ1n) is 7.13. The lowest BCUT2D eigenvalue weighted by Gasteiger charge is -2.28. The van der Waals surface area contributed by atoms with Crippen LogP contribution in [0, 0.1) is 0 Å². The normalized spacial score (nSPS) is 12.9. The highest BCUT2D eigenvalue weighted by Gasteiger charge is 2.28. The predicted molar refractivity (Wildman–Crippen MR) is 94.3 cm³/mol. The quantitative estimate of drug-likeness (QED) is 0.663. The topological polar surface area (TPSA) is 38.3 Å². The summed E-state index contributed by atoms with van der Waals surface area (Å²) in [5.41, 5.74) is 1.93. The van der Waals surface area contributed by atoms with Gasteiger partial charge in [-0.25, -0.2) is 0 Å². The van der Waals surface area contributed by atoms with Crippen molar-refractivity contribution in [2.24, 2.45) is 0 Å². The Morgan fingerprint density at radius 2 is 1.61 bits per heavy atom. The van der Waals surface area contributed by atoms with E-state index in [9.17, 15) is 4.79 Å². The summed E-state index contributed by atoms with van der Waals surface area (Å²) >= 11 is 4.84. The third-order valence-corrected chi connectivity index (χ3v) is 5.62. The highest BCUT2D eigenvalue weighted by Crippen LogP contribution is 2.42. The number of halogens is 1. The van der Waals surface area contributed by atoms with Crippen molar-refractivity contribution in [2.45, 2.75) is 6.04 Å². The molecule has 0 fully saturated rings. The lowest BCUT2D eigenvalue weighted by Crippen LogP contribution is -2.30. The summed E-state index contributed by atoms with van der Waals surface area (Å²) in [4.78, 5) is 13.3. The molecular formula is C18H12BrNO2S. The van der Waals surface area contributed by atoms with Gasteiger partial charge in [-0.05, 0) is 39.5 Å². The second kappa shape index (κ2) is 5.83. The van der Waals surface area contributed by atoms with Crippen LogP contribution in [0.4, 0.5) is 0 Å². The van der Waals surface area contributed by atoms with Gasteiger partial charge in [0.1, 0.15) is 16.4 Å². The van der Waals surface area contributed by atoms with Gasteiger partial charge in [0.05, 0.1) is 6.04 Å². The number of benzene rings is 2. The van der Waals surface area contributed by atoms with E-state index in [4.69, 9.17) is 4.74 Å². The number of hydrogen-bond donors (Lipinski definition) is 1. The van der Waals surface area contributed by atoms with Crippen LogP contribution < -0.4 is 10.1 Å². The lowest BCUT2D eigenvalue weighted by molar-refractivity contribution is 0.0945. The Hall–Kier alpha value is -2.11. The average Bonchev–Trinajstić information content (AvgIpc) is 3.00. The summed E-state index contributed by atoms with van der Waals surface area (Å²) in [7, 11) is 0. The van der Waals surface area contributed by atoms with E-state index in [1.807, 2.05) is 60.0 Å². The number of thiophene rings is 1. The predicted octanol–water partition coefficient (Wildman–Crippen LogP) is 5.14. The number of para-hydroxylation sites is 2. The standard InChI is InChI=1S/C18H12BrNO2S/c19-13-9-10-23-17(13)18(21)20-16-11-5-1-3-7-14(11)22-15-8-4-2-6-12(15)16/h1-10,16H,(H,20,21). The highest BCUT2D eigenvalue weighted by molar-refractivity contribution is 9.10. The minimum absolute atomic E-state index is 0.0941. The van der Waals surface area contributed by atoms with Gasteiger partial charge in [-0.1, -0.05) is 36.4 Å². The number of rotatable bonds is 2. The molecule has 0 bridgehead atoms. The van der Waals surface area contributed by atoms with Crippen molar-refractivity contribution in [1.82, 2.24) is 5.32 Å². The van der Waals surface area contributed by atoms with Crippen molar-refractivity contribution in [3.63, 3.8) is 0 Å². The van der Waals surface area contributed by atoms with Crippen LogP contribution in [-0.2, 0) is 0 Å². The second-order valence-corrected chi connectivity index (χ2v) is 6.95. The van der Waals surface area contributed by atoms with Crippen molar-refractivity contribution in [3.8, 4) is 11.5 Å². The monoisotopic (exact) mass is 385 g/mol. The van der Waals surface area contributed by atoms with E-state index >= 15 is 0 Å². The molecule has 2 heterocycles. The van der Waals surface area contributed by atoms with Gasteiger partial charge in [0.25, 0.3) is 5.91 Å². The molecule has 3 aromatic rings. The summed E-state index contributed by atoms with van der Waals surface area (Å²) in [5, 5.41) is 5.03. The van der Waals surface area contributed by atoms with Crippen LogP contribution in [0.5, 0.6) is 11.5 Å². The molecule has 1 N–H and O–H groups in total. The number of nitrogens with one attached hydrogen (secondary N) is 1. The van der Waals surface area contributed by atoms with Gasteiger partial charge in [-0.3, -0.25) is 4.79 Å². The molecule has 114 valence electrons. The number of hydrogen-bond acceptors (Lipinski definition) is 3. The zero-order chi connectivity index (χ0) is 15.8. The zero-order valence-electron chi connectivity index (χ0n) is 12.0. The molecule has 1 aliphatic rings. The van der Waals surface area contributed by atoms with Crippen LogP contribution >= 0.6 is 27.3 Å². The fourth-order valence-electron chi connectivity index (χ4n) is 2.72. The van der Waals surface area contributed by atoms with E-state index in [1.165, 1.54) is 11.3 Å². The van der Waals surface area contributed by atoms with Crippen LogP contribution in [0.2, 0.25) is 0 Å². The number of carbonyl (C=O) groups is 1. The fraction of sp³-hybridized carbons (Fsp3) is 0.0556. The first-order chi connectivity index (χ1) is 11.2. The molecule has 1 aromatic heterocycles. The molecule has 3 nitrogen and oxygen atoms in total. The zero-order valence-corrected chi connectivity index (χ0v) is 14.4. The van der Waals surface area contributed by atoms with Crippen molar-refractivity contribution >= 4 is 33.2 Å². The summed E-state index contributed by atoms with van der Waals surface area (Å²) < 4.78 is 6.76. The first kappa shape index (κ1) is 14.5. The Labute approximate surface area is 146 Å². The van der Waals surface area contributed by atoms with Crippen LogP contribution in [-0.4, -0.2) is 5.91 Å². The summed E-state index contributed by atoms with van der Waals surface area (Å²) in [6, 6.07) is 17.2. The third-order valence-electron chi connectivity index (χ3n) is 3.78. The number of ether oxygens (including phenoxy) is 1. The van der Waals surface area contributed by atoms with Gasteiger partial charge in [-0.15, -0.1) is 11.3 Å². The Morgan fingerprint density at radius 3 is 2.17 bits per heavy atom. The van der Waals surface area contributed by atoms with E-state index in [2.05, 4.69) is 21.2 Å². The third kappa shape index (κ3) is 2.56. The molecule has 0 saturated heterocycles. The van der Waals surface area contributed by atoms with Crippen molar-refractivity contribution in [3.05, 3.63) is 80.5 Å². The molecule has 23 heavy (non-hydrogen) atoms. The smallest absolute Gasteiger partial charge is 0.263 e. The first-order valence-corrected chi connectivity index (χ1v) is 8.81. The number of amides is 1. The van der Waals surface area contributed by atoms with Crippen LogP contribution in [0.15, 0.2) is 64.5 Å². The Morgan fingerprint density at radius 1 is 1.00 bits per heavy atom. The van der Waals surface area contributed by atoms with E-state index in [1.54, 1.807) is 0 Å². The van der Waals surface area contributed by atoms with E-state index in [0.717, 1.165) is 27.1 Å². The van der Waals surface area contributed by atoms with Gasteiger partial charge < -0.3 is 10.1 Å². The largest absolute Gasteiger partial charge is 0.457 e. The molecule has 0 spiro atoms.